The fraction of sp³-hybridized carbons (Fsp3) is 0.619. The van der Waals surface area contributed by atoms with E-state index in [4.69, 9.17) is 4.74 Å². The van der Waals surface area contributed by atoms with E-state index < -0.39 is 5.60 Å². The molecule has 146 valence electrons. The maximum Gasteiger partial charge on any atom is 0.407 e. The minimum Gasteiger partial charge on any atom is -0.441 e. The number of hydrogen-bond acceptors (Lipinski definition) is 4. The van der Waals surface area contributed by atoms with Gasteiger partial charge in [-0.1, -0.05) is 30.3 Å². The van der Waals surface area contributed by atoms with Crippen LogP contribution in [0.3, 0.4) is 0 Å². The number of likely N-dealkylation sites (tertiary alicyclic amines) is 2. The lowest BCUT2D eigenvalue weighted by molar-refractivity contribution is -0.132. The van der Waals surface area contributed by atoms with Gasteiger partial charge in [-0.05, 0) is 50.3 Å². The molecule has 1 N–H and O–H groups in total. The Hall–Kier alpha value is -2.08. The molecule has 0 saturated carbocycles. The molecule has 0 bridgehead atoms. The second-order valence-electron chi connectivity index (χ2n) is 8.12. The van der Waals surface area contributed by atoms with Crippen molar-refractivity contribution in [2.24, 2.45) is 0 Å². The van der Waals surface area contributed by atoms with E-state index in [1.165, 1.54) is 5.56 Å². The van der Waals surface area contributed by atoms with Crippen molar-refractivity contribution in [2.75, 3.05) is 39.3 Å². The largest absolute Gasteiger partial charge is 0.441 e. The fourth-order valence-corrected chi connectivity index (χ4v) is 4.64. The van der Waals surface area contributed by atoms with Gasteiger partial charge in [0, 0.05) is 19.5 Å². The average molecular weight is 371 g/mol. The highest BCUT2D eigenvalue weighted by atomic mass is 16.6. The number of benzene rings is 1. The van der Waals surface area contributed by atoms with E-state index in [-0.39, 0.29) is 12.0 Å². The van der Waals surface area contributed by atoms with Gasteiger partial charge in [-0.25, -0.2) is 4.79 Å². The molecule has 1 aromatic rings. The molecule has 4 rings (SSSR count). The zero-order valence-electron chi connectivity index (χ0n) is 15.9. The van der Waals surface area contributed by atoms with Crippen LogP contribution in [0.15, 0.2) is 30.3 Å². The maximum absolute atomic E-state index is 12.8. The first-order valence-corrected chi connectivity index (χ1v) is 10.2. The molecule has 3 heterocycles. The predicted octanol–water partition coefficient (Wildman–Crippen LogP) is 2.36. The van der Waals surface area contributed by atoms with Crippen molar-refractivity contribution in [3.05, 3.63) is 35.9 Å². The van der Waals surface area contributed by atoms with Gasteiger partial charge in [0.05, 0.1) is 13.1 Å². The molecule has 0 unspecified atom stereocenters. The maximum atomic E-state index is 12.8. The number of rotatable bonds is 3. The van der Waals surface area contributed by atoms with E-state index in [9.17, 15) is 9.59 Å². The third kappa shape index (κ3) is 4.26. The summed E-state index contributed by atoms with van der Waals surface area (Å²) in [6, 6.07) is 10.7. The summed E-state index contributed by atoms with van der Waals surface area (Å²) in [6.07, 6.45) is 4.35. The molecule has 0 aromatic heterocycles. The number of hydrogen-bond donors (Lipinski definition) is 1. The molecule has 3 fully saturated rings. The van der Waals surface area contributed by atoms with E-state index in [1.54, 1.807) is 0 Å². The van der Waals surface area contributed by atoms with E-state index >= 15 is 0 Å². The number of nitrogens with zero attached hydrogens (tertiary/aromatic N) is 2. The van der Waals surface area contributed by atoms with Crippen LogP contribution in [0, 0.1) is 0 Å². The first kappa shape index (κ1) is 18.3. The van der Waals surface area contributed by atoms with Crippen molar-refractivity contribution in [1.29, 1.82) is 0 Å². The summed E-state index contributed by atoms with van der Waals surface area (Å²) in [6.45, 7) is 4.47. The summed E-state index contributed by atoms with van der Waals surface area (Å²) in [5.41, 5.74) is 1.01. The van der Waals surface area contributed by atoms with E-state index in [0.29, 0.717) is 25.6 Å². The third-order valence-electron chi connectivity index (χ3n) is 6.33. The topological polar surface area (TPSA) is 61.9 Å². The lowest BCUT2D eigenvalue weighted by Gasteiger charge is -2.33. The van der Waals surface area contributed by atoms with Crippen molar-refractivity contribution < 1.29 is 14.3 Å². The molecule has 3 aliphatic heterocycles. The second-order valence-corrected chi connectivity index (χ2v) is 8.12. The second kappa shape index (κ2) is 7.89. The Balaban J connectivity index is 1.25. The Bertz CT molecular complexity index is 673. The van der Waals surface area contributed by atoms with Gasteiger partial charge in [-0.15, -0.1) is 0 Å². The molecule has 6 nitrogen and oxygen atoms in total. The fourth-order valence-electron chi connectivity index (χ4n) is 4.64. The van der Waals surface area contributed by atoms with Crippen LogP contribution in [0.5, 0.6) is 0 Å². The van der Waals surface area contributed by atoms with E-state index in [0.717, 1.165) is 51.7 Å². The van der Waals surface area contributed by atoms with Gasteiger partial charge in [0.1, 0.15) is 5.60 Å². The average Bonchev–Trinajstić information content (AvgIpc) is 2.93. The van der Waals surface area contributed by atoms with Gasteiger partial charge in [0.2, 0.25) is 5.91 Å². The van der Waals surface area contributed by atoms with Crippen LogP contribution in [-0.4, -0.2) is 66.7 Å². The quantitative estimate of drug-likeness (QED) is 0.886. The van der Waals surface area contributed by atoms with Gasteiger partial charge >= 0.3 is 6.09 Å². The molecule has 1 aromatic carbocycles. The highest BCUT2D eigenvalue weighted by Crippen LogP contribution is 2.30. The number of amides is 2. The van der Waals surface area contributed by atoms with E-state index in [1.807, 2.05) is 4.90 Å². The third-order valence-corrected chi connectivity index (χ3v) is 6.33. The molecule has 0 aliphatic carbocycles. The van der Waals surface area contributed by atoms with Crippen LogP contribution in [0.4, 0.5) is 4.79 Å². The Morgan fingerprint density at radius 1 is 1.11 bits per heavy atom. The van der Waals surface area contributed by atoms with Crippen molar-refractivity contribution in [1.82, 2.24) is 15.1 Å². The van der Waals surface area contributed by atoms with Crippen LogP contribution in [0.2, 0.25) is 0 Å². The summed E-state index contributed by atoms with van der Waals surface area (Å²) in [4.78, 5) is 28.5. The highest BCUT2D eigenvalue weighted by molar-refractivity contribution is 5.78. The van der Waals surface area contributed by atoms with E-state index in [2.05, 4.69) is 40.5 Å². The standard InChI is InChI=1S/C21H29N3O3/c25-19(24-11-4-9-21(10-14-24)16-22-20(26)27-21)15-23-12-7-18(8-13-23)17-5-2-1-3-6-17/h1-3,5-6,18H,4,7-16H2,(H,22,26)/t21-/m1/s1. The summed E-state index contributed by atoms with van der Waals surface area (Å²) in [5.74, 6) is 0.822. The Morgan fingerprint density at radius 3 is 2.59 bits per heavy atom. The minimum absolute atomic E-state index is 0.211. The molecule has 1 spiro atoms. The summed E-state index contributed by atoms with van der Waals surface area (Å²) >= 11 is 0. The Morgan fingerprint density at radius 2 is 1.89 bits per heavy atom. The van der Waals surface area contributed by atoms with Crippen molar-refractivity contribution in [2.45, 2.75) is 43.6 Å². The molecule has 0 radical (unpaired) electrons. The lowest BCUT2D eigenvalue weighted by Crippen LogP contribution is -2.44. The molecular weight excluding hydrogens is 342 g/mol. The van der Waals surface area contributed by atoms with Crippen LogP contribution in [-0.2, 0) is 9.53 Å². The normalized spacial score (nSPS) is 27.3. The lowest BCUT2D eigenvalue weighted by atomic mass is 9.89. The van der Waals surface area contributed by atoms with Gasteiger partial charge < -0.3 is 15.0 Å². The number of alkyl carbamates (subject to hydrolysis) is 1. The van der Waals surface area contributed by atoms with Crippen LogP contribution in [0.1, 0.15) is 43.6 Å². The van der Waals surface area contributed by atoms with Gasteiger partial charge in [0.15, 0.2) is 0 Å². The molecule has 1 atom stereocenters. The van der Waals surface area contributed by atoms with Crippen LogP contribution in [0.25, 0.3) is 0 Å². The number of piperidine rings is 1. The molecule has 3 aliphatic rings. The highest BCUT2D eigenvalue weighted by Gasteiger charge is 2.41. The molecule has 27 heavy (non-hydrogen) atoms. The van der Waals surface area contributed by atoms with Crippen LogP contribution >= 0.6 is 0 Å². The Labute approximate surface area is 160 Å². The van der Waals surface area contributed by atoms with Gasteiger partial charge in [-0.2, -0.15) is 0 Å². The van der Waals surface area contributed by atoms with Crippen LogP contribution < -0.4 is 5.32 Å². The number of carbonyl (C=O) groups excluding carboxylic acids is 2. The first-order valence-electron chi connectivity index (χ1n) is 10.2. The zero-order chi connectivity index (χ0) is 18.7. The number of ether oxygens (including phenoxy) is 1. The molecule has 2 amide bonds. The number of carbonyl (C=O) groups is 2. The minimum atomic E-state index is -0.403. The van der Waals surface area contributed by atoms with Crippen molar-refractivity contribution in [3.63, 3.8) is 0 Å². The van der Waals surface area contributed by atoms with Gasteiger partial charge in [0.25, 0.3) is 0 Å². The Kier molecular flexibility index (Phi) is 5.34. The molecular formula is C21H29N3O3. The molecule has 6 heteroatoms. The number of nitrogens with one attached hydrogen (secondary N) is 1. The van der Waals surface area contributed by atoms with Gasteiger partial charge in [-0.3, -0.25) is 9.69 Å². The summed E-state index contributed by atoms with van der Waals surface area (Å²) < 4.78 is 5.50. The monoisotopic (exact) mass is 371 g/mol. The summed E-state index contributed by atoms with van der Waals surface area (Å²) in [7, 11) is 0. The summed E-state index contributed by atoms with van der Waals surface area (Å²) in [5, 5.41) is 2.76. The van der Waals surface area contributed by atoms with Crippen molar-refractivity contribution >= 4 is 12.0 Å². The van der Waals surface area contributed by atoms with Crippen molar-refractivity contribution in [3.8, 4) is 0 Å². The first-order chi connectivity index (χ1) is 13.1. The predicted molar refractivity (Wildman–Crippen MR) is 103 cm³/mol. The smallest absolute Gasteiger partial charge is 0.407 e. The molecule has 3 saturated heterocycles. The SMILES string of the molecule is O=C1NC[C@]2(CCCN(C(=O)CN3CCC(c4ccccc4)CC3)CC2)O1. The zero-order valence-corrected chi connectivity index (χ0v) is 15.9.